The molecule has 0 amide bonds. The molecule has 1 atom stereocenters. The third kappa shape index (κ3) is 4.83. The Kier molecular flexibility index (Phi) is 5.99. The Hall–Kier alpha value is -2.67. The van der Waals surface area contributed by atoms with Crippen LogP contribution in [0.2, 0.25) is 5.02 Å². The average molecular weight is 498 g/mol. The highest BCUT2D eigenvalue weighted by Gasteiger charge is 2.32. The van der Waals surface area contributed by atoms with Gasteiger partial charge in [0.25, 0.3) is 10.0 Å². The van der Waals surface area contributed by atoms with E-state index in [-0.39, 0.29) is 16.1 Å². The monoisotopic (exact) mass is 497 g/mol. The molecular weight excluding hydrogens is 477 g/mol. The number of hydrogen-bond donors (Lipinski definition) is 0. The van der Waals surface area contributed by atoms with E-state index in [0.29, 0.717) is 17.5 Å². The first-order valence-corrected chi connectivity index (χ1v) is 12.9. The van der Waals surface area contributed by atoms with Gasteiger partial charge < -0.3 is 0 Å². The molecule has 168 valence electrons. The number of amidine groups is 1. The van der Waals surface area contributed by atoms with Crippen molar-refractivity contribution in [3.05, 3.63) is 101 Å². The highest BCUT2D eigenvalue weighted by Crippen LogP contribution is 2.40. The van der Waals surface area contributed by atoms with Crippen molar-refractivity contribution in [1.82, 2.24) is 5.01 Å². The average Bonchev–Trinajstić information content (AvgIpc) is 3.58. The highest BCUT2D eigenvalue weighted by atomic mass is 35.5. The summed E-state index contributed by atoms with van der Waals surface area (Å²) in [6.07, 6.45) is 2.31. The topological polar surface area (TPSA) is 62.1 Å². The molecule has 1 aliphatic carbocycles. The maximum Gasteiger partial charge on any atom is 0.285 e. The molecule has 8 heteroatoms. The van der Waals surface area contributed by atoms with E-state index < -0.39 is 10.0 Å². The smallest absolute Gasteiger partial charge is 0.236 e. The maximum absolute atomic E-state index is 12.9. The van der Waals surface area contributed by atoms with Gasteiger partial charge in [-0.25, -0.2) is 5.01 Å². The summed E-state index contributed by atoms with van der Waals surface area (Å²) >= 11 is 12.5. The van der Waals surface area contributed by atoms with Crippen molar-refractivity contribution in [2.75, 3.05) is 6.54 Å². The van der Waals surface area contributed by atoms with Gasteiger partial charge in [-0.05, 0) is 71.3 Å². The van der Waals surface area contributed by atoms with Gasteiger partial charge in [-0.3, -0.25) is 0 Å². The van der Waals surface area contributed by atoms with Gasteiger partial charge in [0.1, 0.15) is 0 Å². The van der Waals surface area contributed by atoms with Crippen LogP contribution in [0.3, 0.4) is 0 Å². The highest BCUT2D eigenvalue weighted by molar-refractivity contribution is 7.90. The van der Waals surface area contributed by atoms with E-state index in [9.17, 15) is 8.42 Å². The van der Waals surface area contributed by atoms with Crippen LogP contribution in [0.1, 0.15) is 41.4 Å². The fraction of sp³-hybridized carbons (Fsp3) is 0.200. The molecule has 0 radical (unpaired) electrons. The third-order valence-corrected chi connectivity index (χ3v) is 7.80. The number of nitrogens with zero attached hydrogens (tertiary/aromatic N) is 3. The summed E-state index contributed by atoms with van der Waals surface area (Å²) in [5.74, 6) is 0.450. The van der Waals surface area contributed by atoms with Gasteiger partial charge in [0.2, 0.25) is 5.29 Å². The van der Waals surface area contributed by atoms with Gasteiger partial charge in [-0.2, -0.15) is 13.5 Å². The second-order valence-corrected chi connectivity index (χ2v) is 10.6. The summed E-state index contributed by atoms with van der Waals surface area (Å²) in [5.41, 5.74) is 3.87. The zero-order valence-electron chi connectivity index (χ0n) is 17.6. The zero-order valence-corrected chi connectivity index (χ0v) is 19.9. The Morgan fingerprint density at radius 1 is 0.909 bits per heavy atom. The van der Waals surface area contributed by atoms with Crippen LogP contribution in [0.15, 0.2) is 93.3 Å². The quantitative estimate of drug-likeness (QED) is 0.246. The van der Waals surface area contributed by atoms with E-state index >= 15 is 0 Å². The molecule has 33 heavy (non-hydrogen) atoms. The molecule has 2 aliphatic rings. The van der Waals surface area contributed by atoms with E-state index in [1.165, 1.54) is 5.01 Å². The molecule has 0 saturated heterocycles. The van der Waals surface area contributed by atoms with Crippen molar-refractivity contribution in [3.8, 4) is 0 Å². The largest absolute Gasteiger partial charge is 0.285 e. The van der Waals surface area contributed by atoms with Crippen LogP contribution in [0.25, 0.3) is 0 Å². The Balaban J connectivity index is 1.45. The van der Waals surface area contributed by atoms with Crippen LogP contribution in [-0.4, -0.2) is 31.0 Å². The second-order valence-electron chi connectivity index (χ2n) is 8.22. The van der Waals surface area contributed by atoms with Gasteiger partial charge in [0.05, 0.1) is 17.2 Å². The number of rotatable bonds is 5. The molecule has 1 aliphatic heterocycles. The van der Waals surface area contributed by atoms with Gasteiger partial charge >= 0.3 is 0 Å². The van der Waals surface area contributed by atoms with E-state index in [1.807, 2.05) is 54.6 Å². The van der Waals surface area contributed by atoms with E-state index in [0.717, 1.165) is 35.2 Å². The van der Waals surface area contributed by atoms with Gasteiger partial charge in [-0.1, -0.05) is 66.2 Å². The fourth-order valence-electron chi connectivity index (χ4n) is 3.97. The second kappa shape index (κ2) is 8.93. The lowest BCUT2D eigenvalue weighted by molar-refractivity contribution is 0.483. The molecule has 0 spiro atoms. The van der Waals surface area contributed by atoms with Crippen molar-refractivity contribution in [2.45, 2.75) is 29.6 Å². The Morgan fingerprint density at radius 2 is 1.58 bits per heavy atom. The van der Waals surface area contributed by atoms with Crippen LogP contribution in [0.5, 0.6) is 0 Å². The number of hydrogen-bond acceptors (Lipinski definition) is 3. The van der Waals surface area contributed by atoms with Crippen LogP contribution in [-0.2, 0) is 10.0 Å². The molecule has 1 unspecified atom stereocenters. The minimum absolute atomic E-state index is 0.100. The summed E-state index contributed by atoms with van der Waals surface area (Å²) in [7, 11) is -3.96. The molecule has 3 aromatic rings. The molecule has 0 bridgehead atoms. The van der Waals surface area contributed by atoms with Crippen LogP contribution >= 0.6 is 23.2 Å². The summed E-state index contributed by atoms with van der Waals surface area (Å²) < 4.78 is 29.6. The third-order valence-electron chi connectivity index (χ3n) is 5.89. The molecule has 5 nitrogen and oxygen atoms in total. The Morgan fingerprint density at radius 3 is 2.21 bits per heavy atom. The number of halogens is 2. The summed E-state index contributed by atoms with van der Waals surface area (Å²) in [4.78, 5) is 0.116. The first-order valence-electron chi connectivity index (χ1n) is 10.7. The predicted octanol–water partition coefficient (Wildman–Crippen LogP) is 6.00. The van der Waals surface area contributed by atoms with Gasteiger partial charge in [-0.15, -0.1) is 4.40 Å². The SMILES string of the molecule is O=S(=O)(N=C(Cl)N1CC(c2ccccc2)C(c2ccc(Cl)cc2)=N1)c1ccc(C2CC2)cc1. The maximum atomic E-state index is 12.9. The van der Waals surface area contributed by atoms with E-state index in [4.69, 9.17) is 23.2 Å². The summed E-state index contributed by atoms with van der Waals surface area (Å²) in [6.45, 7) is 0.375. The molecule has 0 aromatic heterocycles. The first kappa shape index (κ1) is 22.1. The van der Waals surface area contributed by atoms with Crippen molar-refractivity contribution in [2.24, 2.45) is 9.50 Å². The summed E-state index contributed by atoms with van der Waals surface area (Å²) in [6, 6.07) is 24.2. The predicted molar refractivity (Wildman–Crippen MR) is 133 cm³/mol. The van der Waals surface area contributed by atoms with Crippen LogP contribution in [0.4, 0.5) is 0 Å². The van der Waals surface area contributed by atoms with Crippen molar-refractivity contribution in [3.63, 3.8) is 0 Å². The fourth-order valence-corrected chi connectivity index (χ4v) is 5.36. The van der Waals surface area contributed by atoms with E-state index in [1.54, 1.807) is 24.3 Å². The molecule has 1 fully saturated rings. The van der Waals surface area contributed by atoms with Crippen molar-refractivity contribution < 1.29 is 8.42 Å². The number of sulfonamides is 1. The van der Waals surface area contributed by atoms with Crippen molar-refractivity contribution >= 4 is 44.2 Å². The summed E-state index contributed by atoms with van der Waals surface area (Å²) in [5, 5.41) is 6.53. The Labute approximate surface area is 203 Å². The van der Waals surface area contributed by atoms with Crippen LogP contribution < -0.4 is 0 Å². The zero-order chi connectivity index (χ0) is 23.0. The lowest BCUT2D eigenvalue weighted by Crippen LogP contribution is -2.23. The number of benzene rings is 3. The van der Waals surface area contributed by atoms with E-state index in [2.05, 4.69) is 9.50 Å². The minimum atomic E-state index is -3.96. The standard InChI is InChI=1S/C25H21Cl2N3O2S/c26-21-12-8-20(9-13-21)24-23(19-4-2-1-3-5-19)16-30(28-24)25(27)29-33(31,32)22-14-10-18(11-15-22)17-6-7-17/h1-5,8-15,17,23H,6-7,16H2. The molecule has 3 aromatic carbocycles. The van der Waals surface area contributed by atoms with Gasteiger partial charge in [0, 0.05) is 10.9 Å². The van der Waals surface area contributed by atoms with Crippen molar-refractivity contribution in [1.29, 1.82) is 0 Å². The molecule has 5 rings (SSSR count). The minimum Gasteiger partial charge on any atom is -0.236 e. The Bertz CT molecular complexity index is 1320. The first-order chi connectivity index (χ1) is 15.9. The molecule has 0 N–H and O–H groups in total. The molecule has 1 heterocycles. The molecule has 1 saturated carbocycles. The van der Waals surface area contributed by atoms with Crippen LogP contribution in [0, 0.1) is 0 Å². The normalized spacial score (nSPS) is 19.0. The lowest BCUT2D eigenvalue weighted by Gasteiger charge is -2.15. The van der Waals surface area contributed by atoms with Gasteiger partial charge in [0.15, 0.2) is 0 Å². The lowest BCUT2D eigenvalue weighted by atomic mass is 9.91. The number of hydrazone groups is 1. The molecular formula is C25H21Cl2N3O2S.